The minimum absolute atomic E-state index is 0. The van der Waals surface area contributed by atoms with Gasteiger partial charge >= 0.3 is 0 Å². The molecular weight excluding hydrogens is 256 g/mol. The van der Waals surface area contributed by atoms with Crippen molar-refractivity contribution in [1.82, 2.24) is 10.2 Å². The number of rotatable bonds is 2. The molecule has 2 aliphatic heterocycles. The quantitative estimate of drug-likeness (QED) is 0.837. The molecule has 0 saturated carbocycles. The molecule has 0 aromatic heterocycles. The molecule has 0 aromatic rings. The number of halogens is 1. The van der Waals surface area contributed by atoms with E-state index in [0.29, 0.717) is 11.2 Å². The van der Waals surface area contributed by atoms with Crippen molar-refractivity contribution in [3.8, 4) is 0 Å². The summed E-state index contributed by atoms with van der Waals surface area (Å²) in [4.78, 5) is 14.4. The summed E-state index contributed by atoms with van der Waals surface area (Å²) in [6.45, 7) is 2.93. The first-order chi connectivity index (χ1) is 7.81. The van der Waals surface area contributed by atoms with Gasteiger partial charge in [0.15, 0.2) is 0 Å². The van der Waals surface area contributed by atoms with Crippen molar-refractivity contribution in [2.45, 2.75) is 43.4 Å². The van der Waals surface area contributed by atoms with Crippen LogP contribution in [-0.4, -0.2) is 48.0 Å². The van der Waals surface area contributed by atoms with E-state index in [1.165, 1.54) is 19.3 Å². The van der Waals surface area contributed by atoms with Gasteiger partial charge in [-0.2, -0.15) is 11.8 Å². The number of hydrogen-bond donors (Lipinski definition) is 1. The van der Waals surface area contributed by atoms with Gasteiger partial charge in [0.05, 0.1) is 6.04 Å². The molecule has 0 aromatic carbocycles. The highest BCUT2D eigenvalue weighted by Gasteiger charge is 2.29. The fourth-order valence-corrected chi connectivity index (χ4v) is 3.34. The largest absolute Gasteiger partial charge is 0.340 e. The molecule has 2 saturated heterocycles. The lowest BCUT2D eigenvalue weighted by Crippen LogP contribution is -2.45. The minimum Gasteiger partial charge on any atom is -0.340 e. The average molecular weight is 279 g/mol. The van der Waals surface area contributed by atoms with Gasteiger partial charge in [-0.15, -0.1) is 12.4 Å². The van der Waals surface area contributed by atoms with Crippen molar-refractivity contribution >= 4 is 30.1 Å². The van der Waals surface area contributed by atoms with E-state index in [-0.39, 0.29) is 18.4 Å². The molecule has 2 heterocycles. The van der Waals surface area contributed by atoms with Crippen LogP contribution in [0.15, 0.2) is 0 Å². The van der Waals surface area contributed by atoms with Gasteiger partial charge < -0.3 is 10.2 Å². The van der Waals surface area contributed by atoms with Crippen molar-refractivity contribution in [2.24, 2.45) is 0 Å². The van der Waals surface area contributed by atoms with Crippen LogP contribution < -0.4 is 5.32 Å². The second-order valence-electron chi connectivity index (χ2n) is 4.79. The molecule has 100 valence electrons. The van der Waals surface area contributed by atoms with Gasteiger partial charge in [0.1, 0.15) is 0 Å². The van der Waals surface area contributed by atoms with E-state index >= 15 is 0 Å². The van der Waals surface area contributed by atoms with Gasteiger partial charge in [-0.3, -0.25) is 4.79 Å². The number of amides is 1. The molecule has 2 unspecified atom stereocenters. The molecule has 0 aliphatic carbocycles. The van der Waals surface area contributed by atoms with E-state index in [0.717, 1.165) is 32.5 Å². The Bertz CT molecular complexity index is 247. The van der Waals surface area contributed by atoms with Gasteiger partial charge in [0, 0.05) is 18.3 Å². The SMILES string of the molecule is CSC1CCCCN(C(=O)C2CCCN2)C1.Cl. The maximum atomic E-state index is 12.3. The first kappa shape index (κ1) is 15.1. The summed E-state index contributed by atoms with van der Waals surface area (Å²) in [7, 11) is 0. The zero-order valence-electron chi connectivity index (χ0n) is 10.5. The second kappa shape index (κ2) is 7.49. The summed E-state index contributed by atoms with van der Waals surface area (Å²) in [5, 5.41) is 3.96. The van der Waals surface area contributed by atoms with Crippen molar-refractivity contribution in [3.63, 3.8) is 0 Å². The Morgan fingerprint density at radius 1 is 1.29 bits per heavy atom. The van der Waals surface area contributed by atoms with E-state index in [1.54, 1.807) is 0 Å². The maximum absolute atomic E-state index is 12.3. The summed E-state index contributed by atoms with van der Waals surface area (Å²) in [5.74, 6) is 0.346. The Kier molecular flexibility index (Phi) is 6.67. The molecule has 5 heteroatoms. The number of carbonyl (C=O) groups is 1. The number of hydrogen-bond acceptors (Lipinski definition) is 3. The van der Waals surface area contributed by atoms with Gasteiger partial charge in [0.25, 0.3) is 0 Å². The first-order valence-electron chi connectivity index (χ1n) is 6.36. The van der Waals surface area contributed by atoms with Crippen molar-refractivity contribution in [3.05, 3.63) is 0 Å². The Hall–Kier alpha value is 0.0700. The fraction of sp³-hybridized carbons (Fsp3) is 0.917. The molecule has 2 atom stereocenters. The summed E-state index contributed by atoms with van der Waals surface area (Å²) in [6.07, 6.45) is 8.05. The standard InChI is InChI=1S/C12H22N2OS.ClH/c1-16-10-5-2-3-8-14(9-10)12(15)11-6-4-7-13-11;/h10-11,13H,2-9H2,1H3;1H. The average Bonchev–Trinajstić information content (AvgIpc) is 2.73. The molecule has 2 fully saturated rings. The fourth-order valence-electron chi connectivity index (χ4n) is 2.61. The van der Waals surface area contributed by atoms with E-state index in [2.05, 4.69) is 16.5 Å². The monoisotopic (exact) mass is 278 g/mol. The van der Waals surface area contributed by atoms with E-state index < -0.39 is 0 Å². The van der Waals surface area contributed by atoms with Crippen LogP contribution in [0, 0.1) is 0 Å². The lowest BCUT2D eigenvalue weighted by molar-refractivity contribution is -0.132. The zero-order valence-corrected chi connectivity index (χ0v) is 12.1. The Morgan fingerprint density at radius 3 is 2.76 bits per heavy atom. The molecule has 2 rings (SSSR count). The van der Waals surface area contributed by atoms with Crippen LogP contribution >= 0.6 is 24.2 Å². The molecule has 17 heavy (non-hydrogen) atoms. The maximum Gasteiger partial charge on any atom is 0.239 e. The Labute approximate surface area is 114 Å². The highest BCUT2D eigenvalue weighted by molar-refractivity contribution is 7.99. The molecule has 0 bridgehead atoms. The second-order valence-corrected chi connectivity index (χ2v) is 5.92. The molecule has 0 spiro atoms. The number of nitrogens with one attached hydrogen (secondary N) is 1. The Balaban J connectivity index is 0.00000144. The van der Waals surface area contributed by atoms with Crippen LogP contribution in [0.25, 0.3) is 0 Å². The topological polar surface area (TPSA) is 32.3 Å². The van der Waals surface area contributed by atoms with Gasteiger partial charge in [-0.05, 0) is 38.5 Å². The van der Waals surface area contributed by atoms with Crippen molar-refractivity contribution in [1.29, 1.82) is 0 Å². The van der Waals surface area contributed by atoms with E-state index in [4.69, 9.17) is 0 Å². The molecular formula is C12H23ClN2OS. The zero-order chi connectivity index (χ0) is 11.4. The Morgan fingerprint density at radius 2 is 2.12 bits per heavy atom. The van der Waals surface area contributed by atoms with Gasteiger partial charge in [-0.1, -0.05) is 6.42 Å². The van der Waals surface area contributed by atoms with Gasteiger partial charge in [0.2, 0.25) is 5.91 Å². The molecule has 1 amide bonds. The lowest BCUT2D eigenvalue weighted by atomic mass is 10.2. The smallest absolute Gasteiger partial charge is 0.239 e. The predicted molar refractivity (Wildman–Crippen MR) is 76.0 cm³/mol. The number of likely N-dealkylation sites (tertiary alicyclic amines) is 1. The van der Waals surface area contributed by atoms with Crippen LogP contribution in [0.2, 0.25) is 0 Å². The van der Waals surface area contributed by atoms with Crippen LogP contribution in [0.3, 0.4) is 0 Å². The third-order valence-electron chi connectivity index (χ3n) is 3.63. The number of nitrogens with zero attached hydrogens (tertiary/aromatic N) is 1. The number of thioether (sulfide) groups is 1. The predicted octanol–water partition coefficient (Wildman–Crippen LogP) is 1.90. The highest BCUT2D eigenvalue weighted by atomic mass is 35.5. The first-order valence-corrected chi connectivity index (χ1v) is 7.65. The molecule has 3 nitrogen and oxygen atoms in total. The van der Waals surface area contributed by atoms with Crippen molar-refractivity contribution in [2.75, 3.05) is 25.9 Å². The van der Waals surface area contributed by atoms with E-state index in [9.17, 15) is 4.79 Å². The summed E-state index contributed by atoms with van der Waals surface area (Å²) < 4.78 is 0. The van der Waals surface area contributed by atoms with Crippen LogP contribution in [0.5, 0.6) is 0 Å². The third kappa shape index (κ3) is 4.04. The van der Waals surface area contributed by atoms with Crippen molar-refractivity contribution < 1.29 is 4.79 Å². The third-order valence-corrected chi connectivity index (χ3v) is 4.68. The number of carbonyl (C=O) groups excluding carboxylic acids is 1. The lowest BCUT2D eigenvalue weighted by Gasteiger charge is -2.26. The van der Waals surface area contributed by atoms with Crippen LogP contribution in [-0.2, 0) is 4.79 Å². The minimum atomic E-state index is 0. The van der Waals surface area contributed by atoms with Crippen LogP contribution in [0.4, 0.5) is 0 Å². The van der Waals surface area contributed by atoms with E-state index in [1.807, 2.05) is 11.8 Å². The summed E-state index contributed by atoms with van der Waals surface area (Å²) >= 11 is 1.91. The summed E-state index contributed by atoms with van der Waals surface area (Å²) in [6, 6.07) is 0.112. The molecule has 1 N–H and O–H groups in total. The van der Waals surface area contributed by atoms with Gasteiger partial charge in [-0.25, -0.2) is 0 Å². The highest BCUT2D eigenvalue weighted by Crippen LogP contribution is 2.21. The summed E-state index contributed by atoms with van der Waals surface area (Å²) in [5.41, 5.74) is 0. The van der Waals surface area contributed by atoms with Crippen LogP contribution in [0.1, 0.15) is 32.1 Å². The normalized spacial score (nSPS) is 29.6. The molecule has 2 aliphatic rings. The molecule has 0 radical (unpaired) electrons.